The van der Waals surface area contributed by atoms with E-state index in [2.05, 4.69) is 9.97 Å². The van der Waals surface area contributed by atoms with Crippen molar-refractivity contribution in [3.63, 3.8) is 0 Å². The predicted octanol–water partition coefficient (Wildman–Crippen LogP) is 1.83. The van der Waals surface area contributed by atoms with Crippen LogP contribution in [0.15, 0.2) is 30.7 Å². The number of aromatic amines is 1. The molecule has 76 valence electrons. The third-order valence-corrected chi connectivity index (χ3v) is 2.33. The van der Waals surface area contributed by atoms with Crippen molar-refractivity contribution in [2.24, 2.45) is 5.73 Å². The van der Waals surface area contributed by atoms with Crippen LogP contribution in [-0.2, 0) is 0 Å². The number of rotatable bonds is 2. The average Bonchev–Trinajstić information content (AvgIpc) is 2.67. The molecule has 0 aliphatic rings. The van der Waals surface area contributed by atoms with Gasteiger partial charge in [0.25, 0.3) is 5.91 Å². The van der Waals surface area contributed by atoms with Crippen molar-refractivity contribution in [3.05, 3.63) is 41.4 Å². The molecular formula is C10H8ClN3O. The Labute approximate surface area is 91.1 Å². The van der Waals surface area contributed by atoms with Crippen LogP contribution in [0.4, 0.5) is 0 Å². The standard InChI is InChI=1S/C10H8ClN3O/c11-8-5-13-2-1-7(8)6-3-9(10(12)15)14-4-6/h1-5,14H,(H2,12,15). The molecule has 0 aromatic carbocycles. The van der Waals surface area contributed by atoms with Crippen molar-refractivity contribution in [2.45, 2.75) is 0 Å². The van der Waals surface area contributed by atoms with Crippen molar-refractivity contribution >= 4 is 17.5 Å². The number of aromatic nitrogens is 2. The second kappa shape index (κ2) is 3.74. The summed E-state index contributed by atoms with van der Waals surface area (Å²) in [5.41, 5.74) is 7.12. The maximum atomic E-state index is 10.9. The van der Waals surface area contributed by atoms with E-state index in [9.17, 15) is 4.79 Å². The molecule has 0 aliphatic heterocycles. The van der Waals surface area contributed by atoms with Crippen LogP contribution < -0.4 is 5.73 Å². The first-order valence-electron chi connectivity index (χ1n) is 4.26. The Morgan fingerprint density at radius 3 is 2.93 bits per heavy atom. The van der Waals surface area contributed by atoms with E-state index in [0.29, 0.717) is 10.7 Å². The number of amides is 1. The van der Waals surface area contributed by atoms with E-state index in [1.807, 2.05) is 0 Å². The number of nitrogens with two attached hydrogens (primary N) is 1. The molecule has 0 fully saturated rings. The quantitative estimate of drug-likeness (QED) is 0.812. The molecule has 0 radical (unpaired) electrons. The number of primary amides is 1. The maximum absolute atomic E-state index is 10.9. The first-order chi connectivity index (χ1) is 7.18. The fraction of sp³-hybridized carbons (Fsp3) is 0. The molecule has 0 spiro atoms. The molecule has 4 nitrogen and oxygen atoms in total. The summed E-state index contributed by atoms with van der Waals surface area (Å²) in [6, 6.07) is 3.43. The molecule has 2 aromatic heterocycles. The van der Waals surface area contributed by atoms with Gasteiger partial charge in [-0.1, -0.05) is 11.6 Å². The Bertz CT molecular complexity index is 507. The largest absolute Gasteiger partial charge is 0.364 e. The predicted molar refractivity (Wildman–Crippen MR) is 57.6 cm³/mol. The lowest BCUT2D eigenvalue weighted by atomic mass is 10.1. The highest BCUT2D eigenvalue weighted by Crippen LogP contribution is 2.26. The van der Waals surface area contributed by atoms with Gasteiger partial charge in [0, 0.05) is 29.7 Å². The van der Waals surface area contributed by atoms with Crippen LogP contribution in [0.2, 0.25) is 5.02 Å². The van der Waals surface area contributed by atoms with Gasteiger partial charge in [0.1, 0.15) is 5.69 Å². The minimum Gasteiger partial charge on any atom is -0.364 e. The van der Waals surface area contributed by atoms with Crippen molar-refractivity contribution in [1.29, 1.82) is 0 Å². The monoisotopic (exact) mass is 221 g/mol. The first kappa shape index (κ1) is 9.73. The van der Waals surface area contributed by atoms with E-state index in [1.165, 1.54) is 0 Å². The zero-order valence-corrected chi connectivity index (χ0v) is 8.45. The molecule has 2 aromatic rings. The van der Waals surface area contributed by atoms with Crippen molar-refractivity contribution in [1.82, 2.24) is 9.97 Å². The van der Waals surface area contributed by atoms with E-state index in [1.54, 1.807) is 30.7 Å². The summed E-state index contributed by atoms with van der Waals surface area (Å²) in [4.78, 5) is 17.5. The van der Waals surface area contributed by atoms with Crippen LogP contribution in [0.25, 0.3) is 11.1 Å². The summed E-state index contributed by atoms with van der Waals surface area (Å²) in [7, 11) is 0. The molecule has 0 aliphatic carbocycles. The molecule has 0 saturated carbocycles. The van der Waals surface area contributed by atoms with E-state index in [0.717, 1.165) is 11.1 Å². The van der Waals surface area contributed by atoms with Crippen LogP contribution >= 0.6 is 11.6 Å². The molecule has 0 saturated heterocycles. The highest BCUT2D eigenvalue weighted by atomic mass is 35.5. The third kappa shape index (κ3) is 1.85. The van der Waals surface area contributed by atoms with Crippen molar-refractivity contribution < 1.29 is 4.79 Å². The third-order valence-electron chi connectivity index (χ3n) is 2.03. The van der Waals surface area contributed by atoms with Crippen molar-refractivity contribution in [3.8, 4) is 11.1 Å². The van der Waals surface area contributed by atoms with Gasteiger partial charge < -0.3 is 10.7 Å². The molecule has 1 amide bonds. The summed E-state index contributed by atoms with van der Waals surface area (Å²) in [6.07, 6.45) is 4.87. The maximum Gasteiger partial charge on any atom is 0.265 e. The van der Waals surface area contributed by atoms with Gasteiger partial charge in [-0.3, -0.25) is 9.78 Å². The Morgan fingerprint density at radius 1 is 1.53 bits per heavy atom. The fourth-order valence-corrected chi connectivity index (χ4v) is 1.53. The SMILES string of the molecule is NC(=O)c1cc(-c2ccncc2Cl)c[nH]1. The second-order valence-corrected chi connectivity index (χ2v) is 3.43. The van der Waals surface area contributed by atoms with E-state index >= 15 is 0 Å². The molecule has 0 atom stereocenters. The topological polar surface area (TPSA) is 71.8 Å². The second-order valence-electron chi connectivity index (χ2n) is 3.02. The summed E-state index contributed by atoms with van der Waals surface area (Å²) >= 11 is 5.96. The van der Waals surface area contributed by atoms with Gasteiger partial charge in [-0.2, -0.15) is 0 Å². The van der Waals surface area contributed by atoms with Gasteiger partial charge in [0.05, 0.1) is 5.02 Å². The van der Waals surface area contributed by atoms with Gasteiger partial charge in [-0.25, -0.2) is 0 Å². The molecule has 15 heavy (non-hydrogen) atoms. The van der Waals surface area contributed by atoms with Gasteiger partial charge in [0.15, 0.2) is 0 Å². The van der Waals surface area contributed by atoms with E-state index in [4.69, 9.17) is 17.3 Å². The average molecular weight is 222 g/mol. The number of pyridine rings is 1. The molecule has 0 bridgehead atoms. The smallest absolute Gasteiger partial charge is 0.265 e. The number of nitrogens with zero attached hydrogens (tertiary/aromatic N) is 1. The summed E-state index contributed by atoms with van der Waals surface area (Å²) in [5, 5.41) is 0.535. The van der Waals surface area contributed by atoms with Gasteiger partial charge in [-0.15, -0.1) is 0 Å². The zero-order valence-electron chi connectivity index (χ0n) is 7.70. The molecule has 0 unspecified atom stereocenters. The van der Waals surface area contributed by atoms with Crippen LogP contribution in [0.1, 0.15) is 10.5 Å². The lowest BCUT2D eigenvalue weighted by Crippen LogP contribution is -2.10. The minimum absolute atomic E-state index is 0.359. The summed E-state index contributed by atoms with van der Waals surface area (Å²) < 4.78 is 0. The first-order valence-corrected chi connectivity index (χ1v) is 4.64. The number of H-pyrrole nitrogens is 1. The van der Waals surface area contributed by atoms with Gasteiger partial charge >= 0.3 is 0 Å². The number of hydrogen-bond donors (Lipinski definition) is 2. The zero-order chi connectivity index (χ0) is 10.8. The number of halogens is 1. The number of nitrogens with one attached hydrogen (secondary N) is 1. The number of carbonyl (C=O) groups excluding carboxylic acids is 1. The van der Waals surface area contributed by atoms with Gasteiger partial charge in [0.2, 0.25) is 0 Å². The summed E-state index contributed by atoms with van der Waals surface area (Å²) in [5.74, 6) is -0.494. The molecule has 2 heterocycles. The highest BCUT2D eigenvalue weighted by Gasteiger charge is 2.08. The Kier molecular flexibility index (Phi) is 2.43. The Hall–Kier alpha value is -1.81. The Balaban J connectivity index is 2.46. The number of carbonyl (C=O) groups is 1. The lowest BCUT2D eigenvalue weighted by Gasteiger charge is -1.98. The minimum atomic E-state index is -0.494. The van der Waals surface area contributed by atoms with Crippen molar-refractivity contribution in [2.75, 3.05) is 0 Å². The van der Waals surface area contributed by atoms with E-state index < -0.39 is 5.91 Å². The van der Waals surface area contributed by atoms with Gasteiger partial charge in [-0.05, 0) is 12.1 Å². The molecular weight excluding hydrogens is 214 g/mol. The molecule has 2 rings (SSSR count). The lowest BCUT2D eigenvalue weighted by molar-refractivity contribution is 0.0996. The molecule has 5 heteroatoms. The fourth-order valence-electron chi connectivity index (χ4n) is 1.30. The summed E-state index contributed by atoms with van der Waals surface area (Å²) in [6.45, 7) is 0. The number of hydrogen-bond acceptors (Lipinski definition) is 2. The van der Waals surface area contributed by atoms with Crippen LogP contribution in [0.3, 0.4) is 0 Å². The highest BCUT2D eigenvalue weighted by molar-refractivity contribution is 6.33. The molecule has 3 N–H and O–H groups in total. The Morgan fingerprint density at radius 2 is 2.33 bits per heavy atom. The van der Waals surface area contributed by atoms with Crippen LogP contribution in [0, 0.1) is 0 Å². The van der Waals surface area contributed by atoms with Crippen LogP contribution in [-0.4, -0.2) is 15.9 Å². The normalized spacial score (nSPS) is 10.2. The van der Waals surface area contributed by atoms with Crippen LogP contribution in [0.5, 0.6) is 0 Å². The van der Waals surface area contributed by atoms with E-state index in [-0.39, 0.29) is 0 Å².